The van der Waals surface area contributed by atoms with Crippen molar-refractivity contribution < 1.29 is 28.3 Å². The molecule has 0 aliphatic carbocycles. The van der Waals surface area contributed by atoms with Crippen molar-refractivity contribution in [2.75, 3.05) is 5.88 Å². The molecule has 0 saturated heterocycles. The van der Waals surface area contributed by atoms with Gasteiger partial charge in [0.1, 0.15) is 17.7 Å². The molecule has 3 atom stereocenters. The maximum Gasteiger partial charge on any atom is 0.308 e. The molecule has 3 unspecified atom stereocenters. The number of hydrazone groups is 1. The largest absolute Gasteiger partial charge is 0.481 e. The third-order valence-corrected chi connectivity index (χ3v) is 5.73. The molecular formula is C20H26F2N4O4S. The molecule has 8 nitrogen and oxygen atoms in total. The van der Waals surface area contributed by atoms with Gasteiger partial charge in [0.2, 0.25) is 11.8 Å². The molecule has 1 aromatic rings. The fourth-order valence-electron chi connectivity index (χ4n) is 2.93. The number of nitrogens with one attached hydrogen (secondary N) is 2. The Kier molecular flexibility index (Phi) is 8.78. The fraction of sp³-hybridized carbons (Fsp3) is 0.500. The van der Waals surface area contributed by atoms with Crippen LogP contribution in [0, 0.1) is 17.6 Å². The van der Waals surface area contributed by atoms with Crippen LogP contribution in [0.25, 0.3) is 0 Å². The molecule has 1 aromatic carbocycles. The number of carboxylic acids is 1. The summed E-state index contributed by atoms with van der Waals surface area (Å²) in [5.74, 6) is -3.74. The summed E-state index contributed by atoms with van der Waals surface area (Å²) in [4.78, 5) is 36.1. The topological polar surface area (TPSA) is 111 Å². The van der Waals surface area contributed by atoms with Crippen LogP contribution in [0.4, 0.5) is 8.78 Å². The molecule has 2 rings (SSSR count). The number of rotatable bonds is 9. The Balaban J connectivity index is 1.98. The Hall–Kier alpha value is -2.69. The zero-order valence-electron chi connectivity index (χ0n) is 17.5. The van der Waals surface area contributed by atoms with Gasteiger partial charge in [-0.05, 0) is 38.0 Å². The van der Waals surface area contributed by atoms with E-state index in [1.54, 1.807) is 18.9 Å². The summed E-state index contributed by atoms with van der Waals surface area (Å²) in [6.45, 7) is 5.18. The number of carbonyl (C=O) groups is 3. The van der Waals surface area contributed by atoms with Gasteiger partial charge in [-0.2, -0.15) is 5.10 Å². The molecule has 31 heavy (non-hydrogen) atoms. The molecule has 0 saturated carbocycles. The number of thioether (sulfide) groups is 1. The first-order chi connectivity index (χ1) is 14.6. The van der Waals surface area contributed by atoms with Crippen molar-refractivity contribution in [2.24, 2.45) is 11.0 Å². The van der Waals surface area contributed by atoms with Gasteiger partial charge in [-0.15, -0.1) is 0 Å². The molecule has 0 aromatic heterocycles. The third-order valence-electron chi connectivity index (χ3n) is 4.88. The minimum Gasteiger partial charge on any atom is -0.481 e. The highest BCUT2D eigenvalue weighted by atomic mass is 32.2. The predicted octanol–water partition coefficient (Wildman–Crippen LogP) is 2.29. The number of amidine groups is 1. The van der Waals surface area contributed by atoms with Gasteiger partial charge < -0.3 is 15.7 Å². The second-order valence-corrected chi connectivity index (χ2v) is 8.27. The average Bonchev–Trinajstić information content (AvgIpc) is 3.13. The van der Waals surface area contributed by atoms with Crippen LogP contribution in [0.15, 0.2) is 23.3 Å². The van der Waals surface area contributed by atoms with E-state index < -0.39 is 41.4 Å². The van der Waals surface area contributed by atoms with Crippen LogP contribution in [0.3, 0.4) is 0 Å². The quantitative estimate of drug-likeness (QED) is 0.526. The molecule has 11 heteroatoms. The van der Waals surface area contributed by atoms with E-state index in [4.69, 9.17) is 5.11 Å². The van der Waals surface area contributed by atoms with Crippen LogP contribution in [-0.2, 0) is 20.8 Å². The molecule has 1 aliphatic rings. The Morgan fingerprint density at radius 2 is 1.87 bits per heavy atom. The number of hydrogen-bond donors (Lipinski definition) is 3. The van der Waals surface area contributed by atoms with E-state index in [1.807, 2.05) is 6.92 Å². The van der Waals surface area contributed by atoms with E-state index in [2.05, 4.69) is 15.7 Å². The van der Waals surface area contributed by atoms with Crippen LogP contribution < -0.4 is 10.6 Å². The minimum absolute atomic E-state index is 0.165. The molecule has 0 fully saturated rings. The Morgan fingerprint density at radius 1 is 1.23 bits per heavy atom. The first kappa shape index (κ1) is 24.6. The Morgan fingerprint density at radius 3 is 2.45 bits per heavy atom. The van der Waals surface area contributed by atoms with Gasteiger partial charge in [0, 0.05) is 6.07 Å². The highest BCUT2D eigenvalue weighted by molar-refractivity contribution is 8.14. The summed E-state index contributed by atoms with van der Waals surface area (Å²) >= 11 is 1.25. The standard InChI is InChI=1S/C20H26F2N4O4S/c1-4-5-16(23-17(27)8-13-6-14(21)9-15(22)7-13)18(28)24-20-25-26(10-31-20)12(3)11(2)19(29)30/h6-7,9,11-12,16H,4-5,8,10H2,1-3H3,(H,23,27)(H,29,30)(H,24,25,28). The molecule has 0 bridgehead atoms. The SMILES string of the molecule is CCCC(NC(=O)Cc1cc(F)cc(F)c1)C(=O)NC1=NN(C(C)C(C)C(=O)O)CS1. The van der Waals surface area contributed by atoms with Gasteiger partial charge in [-0.3, -0.25) is 19.4 Å². The van der Waals surface area contributed by atoms with Crippen molar-refractivity contribution in [1.82, 2.24) is 15.6 Å². The number of carbonyl (C=O) groups excluding carboxylic acids is 2. The van der Waals surface area contributed by atoms with Gasteiger partial charge in [0.15, 0.2) is 5.17 Å². The number of benzene rings is 1. The molecule has 0 spiro atoms. The van der Waals surface area contributed by atoms with Gasteiger partial charge in [0.05, 0.1) is 24.3 Å². The zero-order valence-corrected chi connectivity index (χ0v) is 18.3. The molecule has 1 heterocycles. The predicted molar refractivity (Wildman–Crippen MR) is 113 cm³/mol. The zero-order chi connectivity index (χ0) is 23.1. The first-order valence-electron chi connectivity index (χ1n) is 9.86. The summed E-state index contributed by atoms with van der Waals surface area (Å²) in [5.41, 5.74) is 0.165. The van der Waals surface area contributed by atoms with Crippen LogP contribution in [0.1, 0.15) is 39.2 Å². The first-order valence-corrected chi connectivity index (χ1v) is 10.8. The van der Waals surface area contributed by atoms with E-state index in [0.717, 1.165) is 18.2 Å². The summed E-state index contributed by atoms with van der Waals surface area (Å²) < 4.78 is 26.6. The van der Waals surface area contributed by atoms with Crippen LogP contribution in [-0.4, -0.2) is 51.0 Å². The molecule has 1 aliphatic heterocycles. The van der Waals surface area contributed by atoms with Crippen molar-refractivity contribution in [3.63, 3.8) is 0 Å². The third kappa shape index (κ3) is 7.20. The highest BCUT2D eigenvalue weighted by Crippen LogP contribution is 2.22. The molecule has 3 N–H and O–H groups in total. The maximum atomic E-state index is 13.3. The number of nitrogens with zero attached hydrogens (tertiary/aromatic N) is 2. The molecular weight excluding hydrogens is 430 g/mol. The summed E-state index contributed by atoms with van der Waals surface area (Å²) in [6.07, 6.45) is 0.714. The Labute approximate surface area is 183 Å². The van der Waals surface area contributed by atoms with Crippen LogP contribution in [0.5, 0.6) is 0 Å². The van der Waals surface area contributed by atoms with E-state index in [9.17, 15) is 23.2 Å². The summed E-state index contributed by atoms with van der Waals surface area (Å²) in [7, 11) is 0. The van der Waals surface area contributed by atoms with E-state index in [-0.39, 0.29) is 18.0 Å². The maximum absolute atomic E-state index is 13.3. The van der Waals surface area contributed by atoms with E-state index in [0.29, 0.717) is 23.9 Å². The van der Waals surface area contributed by atoms with Gasteiger partial charge in [-0.1, -0.05) is 25.1 Å². The van der Waals surface area contributed by atoms with E-state index >= 15 is 0 Å². The summed E-state index contributed by atoms with van der Waals surface area (Å²) in [6, 6.07) is 1.64. The van der Waals surface area contributed by atoms with Crippen molar-refractivity contribution >= 4 is 34.7 Å². The van der Waals surface area contributed by atoms with Crippen molar-refractivity contribution in [3.8, 4) is 0 Å². The Bertz CT molecular complexity index is 847. The van der Waals surface area contributed by atoms with Crippen molar-refractivity contribution in [1.29, 1.82) is 0 Å². The number of halogens is 2. The van der Waals surface area contributed by atoms with Crippen molar-refractivity contribution in [2.45, 2.75) is 52.1 Å². The molecule has 170 valence electrons. The number of amides is 2. The van der Waals surface area contributed by atoms with E-state index in [1.165, 1.54) is 11.8 Å². The lowest BCUT2D eigenvalue weighted by Crippen LogP contribution is -2.48. The fourth-order valence-corrected chi connectivity index (χ4v) is 3.81. The summed E-state index contributed by atoms with van der Waals surface area (Å²) in [5, 5.41) is 20.6. The van der Waals surface area contributed by atoms with Gasteiger partial charge in [-0.25, -0.2) is 8.78 Å². The lowest BCUT2D eigenvalue weighted by molar-refractivity contribution is -0.143. The normalized spacial score (nSPS) is 16.3. The lowest BCUT2D eigenvalue weighted by atomic mass is 10.0. The van der Waals surface area contributed by atoms with Gasteiger partial charge in [0.25, 0.3) is 0 Å². The van der Waals surface area contributed by atoms with Gasteiger partial charge >= 0.3 is 5.97 Å². The number of hydrogen-bond acceptors (Lipinski definition) is 6. The second kappa shape index (κ2) is 11.1. The molecule has 2 amide bonds. The number of aliphatic carboxylic acids is 1. The highest BCUT2D eigenvalue weighted by Gasteiger charge is 2.30. The average molecular weight is 457 g/mol. The van der Waals surface area contributed by atoms with Crippen LogP contribution >= 0.6 is 11.8 Å². The molecule has 0 radical (unpaired) electrons. The monoisotopic (exact) mass is 456 g/mol. The lowest BCUT2D eigenvalue weighted by Gasteiger charge is -2.24. The number of carboxylic acid groups (broad SMARTS) is 1. The second-order valence-electron chi connectivity index (χ2n) is 7.34. The van der Waals surface area contributed by atoms with Crippen molar-refractivity contribution in [3.05, 3.63) is 35.4 Å². The smallest absolute Gasteiger partial charge is 0.308 e. The van der Waals surface area contributed by atoms with Crippen LogP contribution in [0.2, 0.25) is 0 Å². The minimum atomic E-state index is -0.936.